The van der Waals surface area contributed by atoms with Crippen LogP contribution in [0.3, 0.4) is 0 Å². The zero-order valence-electron chi connectivity index (χ0n) is 11.3. The lowest BCUT2D eigenvalue weighted by Crippen LogP contribution is -2.38. The van der Waals surface area contributed by atoms with E-state index in [-0.39, 0.29) is 11.3 Å². The summed E-state index contributed by atoms with van der Waals surface area (Å²) >= 11 is 0. The molecule has 1 aromatic carbocycles. The lowest BCUT2D eigenvalue weighted by molar-refractivity contribution is 0.0938. The molecule has 1 amide bonds. The van der Waals surface area contributed by atoms with Gasteiger partial charge in [0.05, 0.1) is 6.61 Å². The van der Waals surface area contributed by atoms with Crippen LogP contribution in [0.2, 0.25) is 0 Å². The number of nitrogens with two attached hydrogens (primary N) is 1. The van der Waals surface area contributed by atoms with Crippen molar-refractivity contribution < 1.29 is 9.53 Å². The molecule has 0 radical (unpaired) electrons. The Morgan fingerprint density at radius 1 is 1.33 bits per heavy atom. The maximum absolute atomic E-state index is 11.9. The molecule has 0 spiro atoms. The molecule has 0 unspecified atom stereocenters. The molecule has 0 heterocycles. The van der Waals surface area contributed by atoms with E-state index in [0.29, 0.717) is 25.3 Å². The molecular weight excluding hydrogens is 228 g/mol. The van der Waals surface area contributed by atoms with Crippen LogP contribution in [0.15, 0.2) is 24.3 Å². The molecule has 0 fully saturated rings. The molecule has 4 heteroatoms. The highest BCUT2D eigenvalue weighted by atomic mass is 16.5. The summed E-state index contributed by atoms with van der Waals surface area (Å²) < 4.78 is 5.32. The Morgan fingerprint density at radius 3 is 2.44 bits per heavy atom. The van der Waals surface area contributed by atoms with Crippen LogP contribution < -0.4 is 15.8 Å². The number of hydrogen-bond acceptors (Lipinski definition) is 3. The molecule has 0 aliphatic heterocycles. The summed E-state index contributed by atoms with van der Waals surface area (Å²) in [5.41, 5.74) is 6.16. The van der Waals surface area contributed by atoms with Crippen LogP contribution in [-0.4, -0.2) is 25.6 Å². The van der Waals surface area contributed by atoms with Crippen molar-refractivity contribution >= 4 is 5.91 Å². The maximum Gasteiger partial charge on any atom is 0.251 e. The van der Waals surface area contributed by atoms with E-state index in [1.807, 2.05) is 20.8 Å². The summed E-state index contributed by atoms with van der Waals surface area (Å²) in [5.74, 6) is 0.691. The number of amides is 1. The van der Waals surface area contributed by atoms with Crippen molar-refractivity contribution in [1.82, 2.24) is 5.32 Å². The summed E-state index contributed by atoms with van der Waals surface area (Å²) in [7, 11) is 0. The Kier molecular flexibility index (Phi) is 5.16. The fourth-order valence-electron chi connectivity index (χ4n) is 1.36. The zero-order valence-corrected chi connectivity index (χ0v) is 11.3. The molecule has 1 rings (SSSR count). The minimum atomic E-state index is -0.0837. The summed E-state index contributed by atoms with van der Waals surface area (Å²) in [5, 5.41) is 2.88. The maximum atomic E-state index is 11.9. The van der Waals surface area contributed by atoms with Gasteiger partial charge in [0.25, 0.3) is 5.91 Å². The van der Waals surface area contributed by atoms with Gasteiger partial charge in [-0.2, -0.15) is 0 Å². The first-order valence-corrected chi connectivity index (χ1v) is 6.19. The molecule has 0 aliphatic carbocycles. The van der Waals surface area contributed by atoms with Gasteiger partial charge < -0.3 is 15.8 Å². The number of hydrogen-bond donors (Lipinski definition) is 2. The number of benzene rings is 1. The van der Waals surface area contributed by atoms with E-state index in [4.69, 9.17) is 10.5 Å². The van der Waals surface area contributed by atoms with Crippen LogP contribution in [0.5, 0.6) is 5.75 Å². The predicted octanol–water partition coefficient (Wildman–Crippen LogP) is 1.80. The molecule has 100 valence electrons. The first-order valence-electron chi connectivity index (χ1n) is 6.19. The number of rotatable bonds is 6. The van der Waals surface area contributed by atoms with Gasteiger partial charge in [0.15, 0.2) is 0 Å². The fraction of sp³-hybridized carbons (Fsp3) is 0.500. The van der Waals surface area contributed by atoms with Crippen molar-refractivity contribution in [2.24, 2.45) is 11.1 Å². The van der Waals surface area contributed by atoms with Crippen molar-refractivity contribution in [3.05, 3.63) is 29.8 Å². The van der Waals surface area contributed by atoms with Gasteiger partial charge in [0.2, 0.25) is 0 Å². The minimum absolute atomic E-state index is 0.0824. The average molecular weight is 250 g/mol. The first-order chi connectivity index (χ1) is 8.48. The lowest BCUT2D eigenvalue weighted by Gasteiger charge is -2.22. The second kappa shape index (κ2) is 6.40. The van der Waals surface area contributed by atoms with E-state index >= 15 is 0 Å². The molecule has 0 aliphatic rings. The first kappa shape index (κ1) is 14.5. The van der Waals surface area contributed by atoms with Crippen molar-refractivity contribution in [1.29, 1.82) is 0 Å². The molecular formula is C14H22N2O2. The molecule has 0 atom stereocenters. The summed E-state index contributed by atoms with van der Waals surface area (Å²) in [4.78, 5) is 11.9. The van der Waals surface area contributed by atoms with Crippen LogP contribution >= 0.6 is 0 Å². The topological polar surface area (TPSA) is 64.3 Å². The van der Waals surface area contributed by atoms with Gasteiger partial charge in [0.1, 0.15) is 5.75 Å². The Morgan fingerprint density at radius 2 is 1.94 bits per heavy atom. The number of nitrogens with one attached hydrogen (secondary N) is 1. The smallest absolute Gasteiger partial charge is 0.251 e. The van der Waals surface area contributed by atoms with E-state index in [0.717, 1.165) is 5.75 Å². The highest BCUT2D eigenvalue weighted by molar-refractivity contribution is 5.94. The SMILES string of the molecule is CCOc1ccc(C(=O)NCC(C)(C)CN)cc1. The van der Waals surface area contributed by atoms with Gasteiger partial charge in [-0.3, -0.25) is 4.79 Å². The van der Waals surface area contributed by atoms with Crippen LogP contribution in [0.25, 0.3) is 0 Å². The quantitative estimate of drug-likeness (QED) is 0.809. The lowest BCUT2D eigenvalue weighted by atomic mass is 9.94. The van der Waals surface area contributed by atoms with E-state index in [1.165, 1.54) is 0 Å². The number of ether oxygens (including phenoxy) is 1. The van der Waals surface area contributed by atoms with Crippen molar-refractivity contribution in [2.75, 3.05) is 19.7 Å². The fourth-order valence-corrected chi connectivity index (χ4v) is 1.36. The number of carbonyl (C=O) groups excluding carboxylic acids is 1. The van der Waals surface area contributed by atoms with E-state index in [2.05, 4.69) is 5.32 Å². The second-order valence-corrected chi connectivity index (χ2v) is 5.01. The Labute approximate surface area is 109 Å². The van der Waals surface area contributed by atoms with Gasteiger partial charge in [0, 0.05) is 12.1 Å². The number of carbonyl (C=O) groups is 1. The van der Waals surface area contributed by atoms with Gasteiger partial charge in [-0.15, -0.1) is 0 Å². The highest BCUT2D eigenvalue weighted by Crippen LogP contribution is 2.13. The van der Waals surface area contributed by atoms with Gasteiger partial charge in [-0.1, -0.05) is 13.8 Å². The van der Waals surface area contributed by atoms with Crippen LogP contribution in [-0.2, 0) is 0 Å². The van der Waals surface area contributed by atoms with Crippen molar-refractivity contribution in [2.45, 2.75) is 20.8 Å². The normalized spacial score (nSPS) is 11.1. The second-order valence-electron chi connectivity index (χ2n) is 5.01. The molecule has 4 nitrogen and oxygen atoms in total. The minimum Gasteiger partial charge on any atom is -0.494 e. The average Bonchev–Trinajstić information content (AvgIpc) is 2.37. The molecule has 0 bridgehead atoms. The monoisotopic (exact) mass is 250 g/mol. The molecule has 18 heavy (non-hydrogen) atoms. The van der Waals surface area contributed by atoms with Gasteiger partial charge in [-0.05, 0) is 43.1 Å². The third-order valence-corrected chi connectivity index (χ3v) is 2.71. The van der Waals surface area contributed by atoms with Gasteiger partial charge in [-0.25, -0.2) is 0 Å². The van der Waals surface area contributed by atoms with Crippen LogP contribution in [0.4, 0.5) is 0 Å². The van der Waals surface area contributed by atoms with Crippen molar-refractivity contribution in [3.63, 3.8) is 0 Å². The van der Waals surface area contributed by atoms with E-state index < -0.39 is 0 Å². The largest absolute Gasteiger partial charge is 0.494 e. The molecule has 1 aromatic rings. The predicted molar refractivity (Wildman–Crippen MR) is 72.8 cm³/mol. The molecule has 3 N–H and O–H groups in total. The highest BCUT2D eigenvalue weighted by Gasteiger charge is 2.17. The third kappa shape index (κ3) is 4.37. The standard InChI is InChI=1S/C14H22N2O2/c1-4-18-12-7-5-11(6-8-12)13(17)16-10-14(2,3)9-15/h5-8H,4,9-10,15H2,1-3H3,(H,16,17). The van der Waals surface area contributed by atoms with Crippen LogP contribution in [0, 0.1) is 5.41 Å². The Bertz CT molecular complexity index is 385. The van der Waals surface area contributed by atoms with Crippen LogP contribution in [0.1, 0.15) is 31.1 Å². The summed E-state index contributed by atoms with van der Waals surface area (Å²) in [6, 6.07) is 7.12. The van der Waals surface area contributed by atoms with Gasteiger partial charge >= 0.3 is 0 Å². The van der Waals surface area contributed by atoms with E-state index in [1.54, 1.807) is 24.3 Å². The Hall–Kier alpha value is -1.55. The Balaban J connectivity index is 2.56. The molecule has 0 saturated carbocycles. The summed E-state index contributed by atoms with van der Waals surface area (Å²) in [6.07, 6.45) is 0. The third-order valence-electron chi connectivity index (χ3n) is 2.71. The molecule has 0 aromatic heterocycles. The zero-order chi connectivity index (χ0) is 13.6. The van der Waals surface area contributed by atoms with Crippen molar-refractivity contribution in [3.8, 4) is 5.75 Å². The summed E-state index contributed by atoms with van der Waals surface area (Å²) in [6.45, 7) is 7.69. The molecule has 0 saturated heterocycles. The van der Waals surface area contributed by atoms with E-state index in [9.17, 15) is 4.79 Å².